The predicted octanol–water partition coefficient (Wildman–Crippen LogP) is 2.08. The fraction of sp³-hybridized carbons (Fsp3) is 0.318. The number of benzene rings is 1. The Bertz CT molecular complexity index is 898. The molecule has 2 unspecified atom stereocenters. The van der Waals surface area contributed by atoms with Crippen LogP contribution < -0.4 is 20.5 Å². The molecule has 7 nitrogen and oxygen atoms in total. The standard InChI is InChI=1S/C22H26N4O3/c1-28-17-4-5-18(19(12-17)29-2)20(21(23)27)26-15-22(8-3-9-25-14-22)13-16-6-10-24-11-7-16/h3-12,20,26H,13-15H2,1-2H3,(H2,23,27). The first-order chi connectivity index (χ1) is 14.1. The van der Waals surface area contributed by atoms with Crippen molar-refractivity contribution in [3.05, 3.63) is 66.0 Å². The third-order valence-corrected chi connectivity index (χ3v) is 5.05. The van der Waals surface area contributed by atoms with Crippen molar-refractivity contribution in [2.75, 3.05) is 27.3 Å². The van der Waals surface area contributed by atoms with Crippen molar-refractivity contribution in [2.45, 2.75) is 12.5 Å². The van der Waals surface area contributed by atoms with Crippen molar-refractivity contribution >= 4 is 12.1 Å². The number of pyridine rings is 1. The van der Waals surface area contributed by atoms with Gasteiger partial charge in [-0.25, -0.2) is 0 Å². The van der Waals surface area contributed by atoms with Crippen molar-refractivity contribution < 1.29 is 14.3 Å². The molecule has 1 aromatic heterocycles. The number of primary amides is 1. The van der Waals surface area contributed by atoms with Crippen molar-refractivity contribution in [3.63, 3.8) is 0 Å². The lowest BCUT2D eigenvalue weighted by Gasteiger charge is -2.33. The predicted molar refractivity (Wildman–Crippen MR) is 112 cm³/mol. The summed E-state index contributed by atoms with van der Waals surface area (Å²) in [5, 5.41) is 3.34. The van der Waals surface area contributed by atoms with Crippen LogP contribution in [0.3, 0.4) is 0 Å². The van der Waals surface area contributed by atoms with Gasteiger partial charge in [-0.3, -0.25) is 14.8 Å². The van der Waals surface area contributed by atoms with Crippen molar-refractivity contribution in [1.29, 1.82) is 0 Å². The molecular formula is C22H26N4O3. The number of carbonyl (C=O) groups excluding carboxylic acids is 1. The Hall–Kier alpha value is -3.19. The van der Waals surface area contributed by atoms with Crippen LogP contribution in [-0.4, -0.2) is 44.4 Å². The van der Waals surface area contributed by atoms with Crippen LogP contribution in [0.25, 0.3) is 0 Å². The van der Waals surface area contributed by atoms with Gasteiger partial charge in [0.05, 0.1) is 14.2 Å². The second-order valence-electron chi connectivity index (χ2n) is 7.07. The van der Waals surface area contributed by atoms with E-state index in [1.807, 2.05) is 18.2 Å². The summed E-state index contributed by atoms with van der Waals surface area (Å²) in [6, 6.07) is 8.60. The Morgan fingerprint density at radius 3 is 2.66 bits per heavy atom. The van der Waals surface area contributed by atoms with Crippen LogP contribution >= 0.6 is 0 Å². The molecule has 1 aromatic carbocycles. The first kappa shape index (κ1) is 20.5. The number of nitrogens with two attached hydrogens (primary N) is 1. The van der Waals surface area contributed by atoms with Gasteiger partial charge >= 0.3 is 0 Å². The highest BCUT2D eigenvalue weighted by molar-refractivity contribution is 5.82. The number of nitrogens with one attached hydrogen (secondary N) is 1. The second-order valence-corrected chi connectivity index (χ2v) is 7.07. The van der Waals surface area contributed by atoms with E-state index in [-0.39, 0.29) is 5.41 Å². The Labute approximate surface area is 170 Å². The van der Waals surface area contributed by atoms with Gasteiger partial charge < -0.3 is 20.5 Å². The molecule has 0 spiro atoms. The molecule has 1 aliphatic rings. The van der Waals surface area contributed by atoms with Gasteiger partial charge in [-0.05, 0) is 42.3 Å². The molecule has 0 saturated heterocycles. The first-order valence-corrected chi connectivity index (χ1v) is 9.38. The zero-order valence-electron chi connectivity index (χ0n) is 16.7. The summed E-state index contributed by atoms with van der Waals surface area (Å²) < 4.78 is 10.7. The second kappa shape index (κ2) is 9.34. The SMILES string of the molecule is COc1ccc(C(NCC2(Cc3ccncc3)C=CC=NC2)C(N)=O)c(OC)c1. The molecule has 29 heavy (non-hydrogen) atoms. The molecule has 7 heteroatoms. The normalized spacial score (nSPS) is 19.0. The minimum Gasteiger partial charge on any atom is -0.497 e. The first-order valence-electron chi connectivity index (χ1n) is 9.38. The molecule has 152 valence electrons. The molecule has 0 radical (unpaired) electrons. The van der Waals surface area contributed by atoms with E-state index in [0.717, 1.165) is 12.0 Å². The minimum absolute atomic E-state index is 0.274. The maximum atomic E-state index is 12.3. The molecule has 0 bridgehead atoms. The molecule has 2 atom stereocenters. The molecule has 0 saturated carbocycles. The zero-order valence-corrected chi connectivity index (χ0v) is 16.7. The molecule has 0 fully saturated rings. The largest absolute Gasteiger partial charge is 0.497 e. The van der Waals surface area contributed by atoms with Crippen LogP contribution in [0.4, 0.5) is 0 Å². The number of nitrogens with zero attached hydrogens (tertiary/aromatic N) is 2. The number of allylic oxidation sites excluding steroid dienone is 1. The third-order valence-electron chi connectivity index (χ3n) is 5.05. The smallest absolute Gasteiger partial charge is 0.239 e. The summed E-state index contributed by atoms with van der Waals surface area (Å²) in [5.74, 6) is 0.712. The highest BCUT2D eigenvalue weighted by Crippen LogP contribution is 2.32. The van der Waals surface area contributed by atoms with E-state index in [4.69, 9.17) is 15.2 Å². The highest BCUT2D eigenvalue weighted by Gasteiger charge is 2.31. The topological polar surface area (TPSA) is 98.8 Å². The van der Waals surface area contributed by atoms with Crippen LogP contribution in [0.15, 0.2) is 59.9 Å². The quantitative estimate of drug-likeness (QED) is 0.678. The van der Waals surface area contributed by atoms with E-state index in [2.05, 4.69) is 21.4 Å². The molecule has 3 rings (SSSR count). The number of hydrogen-bond donors (Lipinski definition) is 2. The van der Waals surface area contributed by atoms with Gasteiger partial charge in [-0.1, -0.05) is 6.08 Å². The van der Waals surface area contributed by atoms with Crippen LogP contribution in [0.2, 0.25) is 0 Å². The molecule has 2 aromatic rings. The Morgan fingerprint density at radius 2 is 2.03 bits per heavy atom. The van der Waals surface area contributed by atoms with E-state index in [9.17, 15) is 4.79 Å². The van der Waals surface area contributed by atoms with E-state index in [0.29, 0.717) is 30.2 Å². The Morgan fingerprint density at radius 1 is 1.24 bits per heavy atom. The summed E-state index contributed by atoms with van der Waals surface area (Å²) in [6.07, 6.45) is 10.2. The number of methoxy groups -OCH3 is 2. The summed E-state index contributed by atoms with van der Waals surface area (Å²) in [6.45, 7) is 1.13. The molecule has 0 aliphatic carbocycles. The molecule has 2 heterocycles. The average molecular weight is 394 g/mol. The molecular weight excluding hydrogens is 368 g/mol. The summed E-state index contributed by atoms with van der Waals surface area (Å²) in [5.41, 5.74) is 7.28. The number of aromatic nitrogens is 1. The number of aliphatic imine (C=N–C) groups is 1. The maximum absolute atomic E-state index is 12.3. The van der Waals surface area contributed by atoms with Crippen LogP contribution in [-0.2, 0) is 11.2 Å². The average Bonchev–Trinajstić information content (AvgIpc) is 2.75. The fourth-order valence-electron chi connectivity index (χ4n) is 3.52. The third kappa shape index (κ3) is 5.00. The van der Waals surface area contributed by atoms with Crippen molar-refractivity contribution in [2.24, 2.45) is 16.1 Å². The van der Waals surface area contributed by atoms with E-state index in [1.54, 1.807) is 51.0 Å². The van der Waals surface area contributed by atoms with E-state index >= 15 is 0 Å². The number of ether oxygens (including phenoxy) is 2. The monoisotopic (exact) mass is 394 g/mol. The van der Waals surface area contributed by atoms with Crippen molar-refractivity contribution in [3.8, 4) is 11.5 Å². The van der Waals surface area contributed by atoms with Gasteiger partial charge in [0.1, 0.15) is 17.5 Å². The zero-order chi connectivity index (χ0) is 20.7. The summed E-state index contributed by atoms with van der Waals surface area (Å²) in [7, 11) is 3.14. The Balaban J connectivity index is 1.84. The van der Waals surface area contributed by atoms with Crippen LogP contribution in [0.5, 0.6) is 11.5 Å². The highest BCUT2D eigenvalue weighted by atomic mass is 16.5. The van der Waals surface area contributed by atoms with Gasteiger partial charge in [-0.15, -0.1) is 0 Å². The van der Waals surface area contributed by atoms with Gasteiger partial charge in [0.2, 0.25) is 5.91 Å². The summed E-state index contributed by atoms with van der Waals surface area (Å²) >= 11 is 0. The Kier molecular flexibility index (Phi) is 6.61. The van der Waals surface area contributed by atoms with Gasteiger partial charge in [0, 0.05) is 48.7 Å². The number of amides is 1. The minimum atomic E-state index is -0.704. The van der Waals surface area contributed by atoms with E-state index < -0.39 is 11.9 Å². The van der Waals surface area contributed by atoms with Gasteiger partial charge in [-0.2, -0.15) is 0 Å². The maximum Gasteiger partial charge on any atom is 0.239 e. The lowest BCUT2D eigenvalue weighted by molar-refractivity contribution is -0.120. The van der Waals surface area contributed by atoms with Gasteiger partial charge in [0.25, 0.3) is 0 Å². The van der Waals surface area contributed by atoms with Gasteiger partial charge in [0.15, 0.2) is 0 Å². The lowest BCUT2D eigenvalue weighted by atomic mass is 9.80. The van der Waals surface area contributed by atoms with Crippen LogP contribution in [0, 0.1) is 5.41 Å². The molecule has 1 amide bonds. The molecule has 3 N–H and O–H groups in total. The summed E-state index contributed by atoms with van der Waals surface area (Å²) in [4.78, 5) is 20.8. The molecule has 1 aliphatic heterocycles. The number of hydrogen-bond acceptors (Lipinski definition) is 6. The lowest BCUT2D eigenvalue weighted by Crippen LogP contribution is -2.43. The fourth-order valence-corrected chi connectivity index (χ4v) is 3.52. The van der Waals surface area contributed by atoms with Crippen molar-refractivity contribution in [1.82, 2.24) is 10.3 Å². The number of dihydropyridines is 1. The number of carbonyl (C=O) groups is 1. The van der Waals surface area contributed by atoms with E-state index in [1.165, 1.54) is 0 Å². The van der Waals surface area contributed by atoms with Crippen LogP contribution in [0.1, 0.15) is 17.2 Å². The number of rotatable bonds is 9.